The molecule has 1 heterocycles. The lowest BCUT2D eigenvalue weighted by Gasteiger charge is -2.18. The molecule has 0 aliphatic carbocycles. The second kappa shape index (κ2) is 8.69. The number of anilines is 2. The molecule has 0 aromatic heterocycles. The number of carbonyl (C=O) groups excluding carboxylic acids is 1. The summed E-state index contributed by atoms with van der Waals surface area (Å²) in [4.78, 5) is 12.8. The molecule has 1 unspecified atom stereocenters. The fourth-order valence-corrected chi connectivity index (χ4v) is 3.27. The van der Waals surface area contributed by atoms with Gasteiger partial charge >= 0.3 is 0 Å². The minimum absolute atomic E-state index is 0.111. The van der Waals surface area contributed by atoms with Crippen LogP contribution < -0.4 is 20.1 Å². The number of rotatable bonds is 5. The third-order valence-electron chi connectivity index (χ3n) is 4.79. The van der Waals surface area contributed by atoms with Crippen LogP contribution >= 0.6 is 0 Å². The molecular formula is C24H24N2O3. The first-order valence-electron chi connectivity index (χ1n) is 9.82. The molecule has 1 aliphatic rings. The first kappa shape index (κ1) is 18.9. The number of ether oxygens (including phenoxy) is 2. The van der Waals surface area contributed by atoms with Crippen LogP contribution in [0.2, 0.25) is 0 Å². The highest BCUT2D eigenvalue weighted by molar-refractivity contribution is 5.99. The van der Waals surface area contributed by atoms with Crippen molar-refractivity contribution in [1.82, 2.24) is 0 Å². The molecule has 3 aromatic carbocycles. The summed E-state index contributed by atoms with van der Waals surface area (Å²) in [5, 5.41) is 6.29. The lowest BCUT2D eigenvalue weighted by Crippen LogP contribution is -2.32. The molecule has 2 N–H and O–H groups in total. The van der Waals surface area contributed by atoms with Gasteiger partial charge in [-0.3, -0.25) is 4.79 Å². The van der Waals surface area contributed by atoms with E-state index < -0.39 is 6.04 Å². The number of hydrogen-bond acceptors (Lipinski definition) is 4. The highest BCUT2D eigenvalue weighted by Gasteiger charge is 2.17. The van der Waals surface area contributed by atoms with Crippen LogP contribution in [0.4, 0.5) is 11.4 Å². The Kier molecular flexibility index (Phi) is 5.66. The van der Waals surface area contributed by atoms with Crippen molar-refractivity contribution in [2.24, 2.45) is 0 Å². The highest BCUT2D eigenvalue weighted by atomic mass is 16.5. The zero-order valence-electron chi connectivity index (χ0n) is 16.4. The van der Waals surface area contributed by atoms with E-state index in [1.54, 1.807) is 0 Å². The second-order valence-electron chi connectivity index (χ2n) is 6.98. The Morgan fingerprint density at radius 1 is 0.897 bits per heavy atom. The van der Waals surface area contributed by atoms with Crippen LogP contribution in [-0.2, 0) is 4.79 Å². The maximum absolute atomic E-state index is 12.8. The van der Waals surface area contributed by atoms with Gasteiger partial charge in [-0.15, -0.1) is 0 Å². The number of carbonyl (C=O) groups is 1. The second-order valence-corrected chi connectivity index (χ2v) is 6.98. The Hall–Kier alpha value is -3.47. The van der Waals surface area contributed by atoms with Gasteiger partial charge in [-0.2, -0.15) is 0 Å². The average molecular weight is 388 g/mol. The van der Waals surface area contributed by atoms with Crippen molar-refractivity contribution in [3.8, 4) is 22.6 Å². The van der Waals surface area contributed by atoms with Crippen molar-refractivity contribution in [2.75, 3.05) is 23.8 Å². The molecule has 1 amide bonds. The first-order chi connectivity index (χ1) is 14.2. The minimum atomic E-state index is -0.427. The fourth-order valence-electron chi connectivity index (χ4n) is 3.27. The van der Waals surface area contributed by atoms with Crippen LogP contribution in [0.25, 0.3) is 11.1 Å². The van der Waals surface area contributed by atoms with Gasteiger partial charge < -0.3 is 20.1 Å². The molecule has 1 aliphatic heterocycles. The Bertz CT molecular complexity index is 988. The van der Waals surface area contributed by atoms with Gasteiger partial charge in [0.2, 0.25) is 5.91 Å². The third-order valence-corrected chi connectivity index (χ3v) is 4.79. The average Bonchev–Trinajstić information content (AvgIpc) is 3.00. The molecule has 5 heteroatoms. The van der Waals surface area contributed by atoms with Crippen molar-refractivity contribution in [1.29, 1.82) is 0 Å². The summed E-state index contributed by atoms with van der Waals surface area (Å²) in [5.41, 5.74) is 3.65. The first-order valence-corrected chi connectivity index (χ1v) is 9.82. The van der Waals surface area contributed by atoms with Crippen LogP contribution in [0.5, 0.6) is 11.5 Å². The number of hydrogen-bond donors (Lipinski definition) is 2. The topological polar surface area (TPSA) is 59.6 Å². The van der Waals surface area contributed by atoms with E-state index in [9.17, 15) is 4.79 Å². The lowest BCUT2D eigenvalue weighted by atomic mass is 10.0. The lowest BCUT2D eigenvalue weighted by molar-refractivity contribution is -0.116. The van der Waals surface area contributed by atoms with E-state index >= 15 is 0 Å². The molecule has 0 bridgehead atoms. The van der Waals surface area contributed by atoms with Gasteiger partial charge in [-0.1, -0.05) is 48.5 Å². The summed E-state index contributed by atoms with van der Waals surface area (Å²) < 4.78 is 11.4. The van der Waals surface area contributed by atoms with Gasteiger partial charge in [0.1, 0.15) is 6.04 Å². The highest BCUT2D eigenvalue weighted by Crippen LogP contribution is 2.32. The largest absolute Gasteiger partial charge is 0.490 e. The normalized spacial score (nSPS) is 13.8. The molecule has 5 nitrogen and oxygen atoms in total. The van der Waals surface area contributed by atoms with Crippen molar-refractivity contribution >= 4 is 17.3 Å². The molecule has 0 spiro atoms. The van der Waals surface area contributed by atoms with Gasteiger partial charge in [-0.25, -0.2) is 0 Å². The predicted molar refractivity (Wildman–Crippen MR) is 116 cm³/mol. The maximum atomic E-state index is 12.8. The summed E-state index contributed by atoms with van der Waals surface area (Å²) >= 11 is 0. The molecule has 1 atom stereocenters. The number of fused-ring (bicyclic) bond motifs is 1. The molecule has 0 radical (unpaired) electrons. The number of nitrogens with one attached hydrogen (secondary N) is 2. The maximum Gasteiger partial charge on any atom is 0.246 e. The van der Waals surface area contributed by atoms with Gasteiger partial charge in [0, 0.05) is 29.4 Å². The Morgan fingerprint density at radius 2 is 1.62 bits per heavy atom. The van der Waals surface area contributed by atoms with Crippen LogP contribution in [0.3, 0.4) is 0 Å². The van der Waals surface area contributed by atoms with E-state index in [1.165, 1.54) is 0 Å². The molecule has 0 saturated heterocycles. The Morgan fingerprint density at radius 3 is 2.45 bits per heavy atom. The Balaban J connectivity index is 1.47. The van der Waals surface area contributed by atoms with Gasteiger partial charge in [0.15, 0.2) is 11.5 Å². The number of amides is 1. The van der Waals surface area contributed by atoms with Crippen molar-refractivity contribution < 1.29 is 14.3 Å². The van der Waals surface area contributed by atoms with Crippen LogP contribution in [0.15, 0.2) is 72.8 Å². The smallest absolute Gasteiger partial charge is 0.246 e. The summed E-state index contributed by atoms with van der Waals surface area (Å²) in [6.07, 6.45) is 0.858. The Labute approximate surface area is 170 Å². The number of para-hydroxylation sites is 1. The third kappa shape index (κ3) is 4.51. The number of benzene rings is 3. The zero-order chi connectivity index (χ0) is 20.1. The predicted octanol–water partition coefficient (Wildman–Crippen LogP) is 4.95. The van der Waals surface area contributed by atoms with Gasteiger partial charge in [-0.05, 0) is 30.7 Å². The quantitative estimate of drug-likeness (QED) is 0.649. The van der Waals surface area contributed by atoms with Crippen molar-refractivity contribution in [3.63, 3.8) is 0 Å². The zero-order valence-corrected chi connectivity index (χ0v) is 16.4. The minimum Gasteiger partial charge on any atom is -0.490 e. The SMILES string of the molecule is CC(Nc1ccc2c(c1)OCCCO2)C(=O)Nc1ccccc1-c1ccccc1. The molecule has 148 valence electrons. The van der Waals surface area contributed by atoms with Crippen LogP contribution in [-0.4, -0.2) is 25.2 Å². The van der Waals surface area contributed by atoms with Gasteiger partial charge in [0.25, 0.3) is 0 Å². The van der Waals surface area contributed by atoms with Crippen LogP contribution in [0.1, 0.15) is 13.3 Å². The van der Waals surface area contributed by atoms with E-state index in [4.69, 9.17) is 9.47 Å². The summed E-state index contributed by atoms with van der Waals surface area (Å²) in [5.74, 6) is 1.33. The summed E-state index contributed by atoms with van der Waals surface area (Å²) in [6.45, 7) is 3.12. The molecular weight excluding hydrogens is 364 g/mol. The summed E-state index contributed by atoms with van der Waals surface area (Å²) in [6, 6.07) is 23.1. The standard InChI is InChI=1S/C24H24N2O3/c1-17(25-19-12-13-22-23(16-19)29-15-7-14-28-22)24(27)26-21-11-6-5-10-20(21)18-8-3-2-4-9-18/h2-6,8-13,16-17,25H,7,14-15H2,1H3,(H,26,27). The van der Waals surface area contributed by atoms with E-state index in [2.05, 4.69) is 10.6 Å². The van der Waals surface area contributed by atoms with E-state index in [1.807, 2.05) is 79.7 Å². The summed E-state index contributed by atoms with van der Waals surface area (Å²) in [7, 11) is 0. The monoisotopic (exact) mass is 388 g/mol. The molecule has 3 aromatic rings. The molecule has 29 heavy (non-hydrogen) atoms. The van der Waals surface area contributed by atoms with Crippen molar-refractivity contribution in [3.05, 3.63) is 72.8 Å². The fraction of sp³-hybridized carbons (Fsp3) is 0.208. The molecule has 4 rings (SSSR count). The van der Waals surface area contributed by atoms with E-state index in [0.717, 1.165) is 34.7 Å². The molecule has 0 fully saturated rings. The van der Waals surface area contributed by atoms with Crippen LogP contribution in [0, 0.1) is 0 Å². The van der Waals surface area contributed by atoms with Gasteiger partial charge in [0.05, 0.1) is 13.2 Å². The molecule has 0 saturated carbocycles. The van der Waals surface area contributed by atoms with Crippen molar-refractivity contribution in [2.45, 2.75) is 19.4 Å². The van der Waals surface area contributed by atoms with E-state index in [0.29, 0.717) is 19.0 Å². The van der Waals surface area contributed by atoms with E-state index in [-0.39, 0.29) is 5.91 Å².